The van der Waals surface area contributed by atoms with Crippen LogP contribution < -0.4 is 0 Å². The molecule has 0 amide bonds. The Hall–Kier alpha value is -0.870. The molecule has 1 aliphatic heterocycles. The molecule has 0 N–H and O–H groups in total. The fraction of sp³-hybridized carbons (Fsp3) is 0.667. The summed E-state index contributed by atoms with van der Waals surface area (Å²) >= 11 is 0. The van der Waals surface area contributed by atoms with Crippen LogP contribution in [0.3, 0.4) is 0 Å². The number of ether oxygens (including phenoxy) is 3. The van der Waals surface area contributed by atoms with Gasteiger partial charge in [0.1, 0.15) is 6.61 Å². The molecule has 1 rings (SSSR count). The molecule has 1 fully saturated rings. The normalized spacial score (nSPS) is 28.2. The summed E-state index contributed by atoms with van der Waals surface area (Å²) in [7, 11) is 0. The molecule has 0 spiro atoms. The van der Waals surface area contributed by atoms with Crippen molar-refractivity contribution in [2.45, 2.75) is 19.6 Å². The maximum Gasteiger partial charge on any atom is 0.335 e. The molecule has 1 atom stereocenters. The van der Waals surface area contributed by atoms with E-state index in [0.29, 0.717) is 18.8 Å². The van der Waals surface area contributed by atoms with E-state index in [-0.39, 0.29) is 6.61 Å². The molecule has 74 valence electrons. The van der Waals surface area contributed by atoms with Crippen LogP contribution in [0.15, 0.2) is 12.2 Å². The highest BCUT2D eigenvalue weighted by Crippen LogP contribution is 2.18. The predicted molar refractivity (Wildman–Crippen MR) is 46.1 cm³/mol. The molecule has 0 aromatic rings. The number of esters is 1. The Morgan fingerprint density at radius 3 is 2.69 bits per heavy atom. The highest BCUT2D eigenvalue weighted by Gasteiger charge is 2.32. The monoisotopic (exact) mass is 186 g/mol. The van der Waals surface area contributed by atoms with Gasteiger partial charge in [0.05, 0.1) is 13.2 Å². The molecule has 4 nitrogen and oxygen atoms in total. The van der Waals surface area contributed by atoms with E-state index in [1.807, 2.05) is 0 Å². The summed E-state index contributed by atoms with van der Waals surface area (Å²) < 4.78 is 15.5. The van der Waals surface area contributed by atoms with E-state index in [2.05, 4.69) is 6.58 Å². The van der Waals surface area contributed by atoms with Crippen LogP contribution in [0.2, 0.25) is 0 Å². The molecular weight excluding hydrogens is 172 g/mol. The van der Waals surface area contributed by atoms with E-state index in [9.17, 15) is 4.79 Å². The van der Waals surface area contributed by atoms with Crippen LogP contribution in [0.5, 0.6) is 0 Å². The minimum Gasteiger partial charge on any atom is -0.427 e. The first kappa shape index (κ1) is 10.2. The highest BCUT2D eigenvalue weighted by atomic mass is 16.7. The quantitative estimate of drug-likeness (QED) is 0.474. The third-order valence-corrected chi connectivity index (χ3v) is 1.66. The van der Waals surface area contributed by atoms with Crippen LogP contribution in [-0.4, -0.2) is 31.6 Å². The summed E-state index contributed by atoms with van der Waals surface area (Å²) in [5.74, 6) is -1.40. The molecule has 1 aliphatic rings. The summed E-state index contributed by atoms with van der Waals surface area (Å²) in [6, 6.07) is 0. The second-order valence-electron chi connectivity index (χ2n) is 3.20. The van der Waals surface area contributed by atoms with Gasteiger partial charge in [0, 0.05) is 12.5 Å². The fourth-order valence-electron chi connectivity index (χ4n) is 0.958. The lowest BCUT2D eigenvalue weighted by molar-refractivity contribution is -0.268. The van der Waals surface area contributed by atoms with Crippen molar-refractivity contribution in [1.29, 1.82) is 0 Å². The van der Waals surface area contributed by atoms with Gasteiger partial charge in [-0.1, -0.05) is 6.58 Å². The Morgan fingerprint density at radius 2 is 2.23 bits per heavy atom. The lowest BCUT2D eigenvalue weighted by Gasteiger charge is -2.32. The van der Waals surface area contributed by atoms with Gasteiger partial charge in [-0.05, 0) is 6.92 Å². The van der Waals surface area contributed by atoms with Crippen LogP contribution >= 0.6 is 0 Å². The zero-order valence-corrected chi connectivity index (χ0v) is 7.96. The van der Waals surface area contributed by atoms with Crippen LogP contribution in [-0.2, 0) is 19.0 Å². The molecule has 1 heterocycles. The Balaban J connectivity index is 2.50. The summed E-state index contributed by atoms with van der Waals surface area (Å²) in [5, 5.41) is 0. The number of carbonyl (C=O) groups is 1. The maximum absolute atomic E-state index is 11.2. The van der Waals surface area contributed by atoms with Crippen molar-refractivity contribution < 1.29 is 19.0 Å². The second-order valence-corrected chi connectivity index (χ2v) is 3.20. The van der Waals surface area contributed by atoms with Gasteiger partial charge in [0.25, 0.3) is 0 Å². The highest BCUT2D eigenvalue weighted by molar-refractivity contribution is 5.87. The maximum atomic E-state index is 11.2. The van der Waals surface area contributed by atoms with E-state index in [0.717, 1.165) is 0 Å². The minimum atomic E-state index is -0.950. The molecule has 4 heteroatoms. The van der Waals surface area contributed by atoms with Gasteiger partial charge >= 0.3 is 5.97 Å². The molecule has 0 bridgehead atoms. The van der Waals surface area contributed by atoms with E-state index in [1.165, 1.54) is 0 Å². The van der Waals surface area contributed by atoms with Crippen LogP contribution in [0.25, 0.3) is 0 Å². The van der Waals surface area contributed by atoms with Gasteiger partial charge < -0.3 is 14.2 Å². The van der Waals surface area contributed by atoms with Gasteiger partial charge in [0.2, 0.25) is 5.79 Å². The van der Waals surface area contributed by atoms with Crippen molar-refractivity contribution in [2.24, 2.45) is 0 Å². The Kier molecular flexibility index (Phi) is 3.06. The number of hydrogen-bond acceptors (Lipinski definition) is 4. The molecule has 0 aromatic heterocycles. The summed E-state index contributed by atoms with van der Waals surface area (Å²) in [6.07, 6.45) is 0. The molecule has 0 aromatic carbocycles. The topological polar surface area (TPSA) is 44.8 Å². The Bertz CT molecular complexity index is 216. The van der Waals surface area contributed by atoms with E-state index >= 15 is 0 Å². The first-order chi connectivity index (χ1) is 6.03. The molecule has 1 saturated heterocycles. The van der Waals surface area contributed by atoms with Crippen LogP contribution in [0.4, 0.5) is 0 Å². The zero-order valence-electron chi connectivity index (χ0n) is 7.96. The second kappa shape index (κ2) is 3.89. The molecule has 0 aliphatic carbocycles. The SMILES string of the molecule is C=C(C)C(=O)OC1(C)COCCO1. The van der Waals surface area contributed by atoms with Crippen molar-refractivity contribution in [1.82, 2.24) is 0 Å². The van der Waals surface area contributed by atoms with Crippen molar-refractivity contribution in [3.63, 3.8) is 0 Å². The van der Waals surface area contributed by atoms with Gasteiger partial charge in [-0.25, -0.2) is 4.79 Å². The Labute approximate surface area is 77.5 Å². The molecule has 1 unspecified atom stereocenters. The van der Waals surface area contributed by atoms with E-state index in [4.69, 9.17) is 14.2 Å². The number of hydrogen-bond donors (Lipinski definition) is 0. The minimum absolute atomic E-state index is 0.270. The average Bonchev–Trinajstić information content (AvgIpc) is 2.04. The summed E-state index contributed by atoms with van der Waals surface area (Å²) in [5.41, 5.74) is 0.357. The predicted octanol–water partition coefficient (Wildman–Crippen LogP) is 0.869. The van der Waals surface area contributed by atoms with E-state index in [1.54, 1.807) is 13.8 Å². The van der Waals surface area contributed by atoms with Crippen molar-refractivity contribution in [3.8, 4) is 0 Å². The smallest absolute Gasteiger partial charge is 0.335 e. The third-order valence-electron chi connectivity index (χ3n) is 1.66. The molecule has 13 heavy (non-hydrogen) atoms. The van der Waals surface area contributed by atoms with Crippen molar-refractivity contribution in [2.75, 3.05) is 19.8 Å². The summed E-state index contributed by atoms with van der Waals surface area (Å²) in [6.45, 7) is 8.00. The zero-order chi connectivity index (χ0) is 9.90. The standard InChI is InChI=1S/C9H14O4/c1-7(2)8(10)13-9(3)6-11-4-5-12-9/h1,4-6H2,2-3H3. The van der Waals surface area contributed by atoms with E-state index < -0.39 is 11.8 Å². The number of rotatable bonds is 2. The molecular formula is C9H14O4. The third kappa shape index (κ3) is 2.82. The van der Waals surface area contributed by atoms with Gasteiger partial charge in [-0.3, -0.25) is 0 Å². The molecule has 0 radical (unpaired) electrons. The van der Waals surface area contributed by atoms with Gasteiger partial charge in [-0.2, -0.15) is 0 Å². The summed E-state index contributed by atoms with van der Waals surface area (Å²) in [4.78, 5) is 11.2. The first-order valence-corrected chi connectivity index (χ1v) is 4.14. The Morgan fingerprint density at radius 1 is 1.54 bits per heavy atom. The van der Waals surface area contributed by atoms with Gasteiger partial charge in [-0.15, -0.1) is 0 Å². The number of carbonyl (C=O) groups excluding carboxylic acids is 1. The van der Waals surface area contributed by atoms with Gasteiger partial charge in [0.15, 0.2) is 0 Å². The lowest BCUT2D eigenvalue weighted by atomic mass is 10.3. The largest absolute Gasteiger partial charge is 0.427 e. The lowest BCUT2D eigenvalue weighted by Crippen LogP contribution is -2.44. The van der Waals surface area contributed by atoms with Crippen molar-refractivity contribution in [3.05, 3.63) is 12.2 Å². The van der Waals surface area contributed by atoms with Crippen LogP contribution in [0, 0.1) is 0 Å². The average molecular weight is 186 g/mol. The van der Waals surface area contributed by atoms with Crippen molar-refractivity contribution >= 4 is 5.97 Å². The van der Waals surface area contributed by atoms with Crippen LogP contribution in [0.1, 0.15) is 13.8 Å². The fourth-order valence-corrected chi connectivity index (χ4v) is 0.958. The first-order valence-electron chi connectivity index (χ1n) is 4.14. The molecule has 0 saturated carbocycles.